The number of carbonyl (C=O) groups is 3. The molecule has 96 valence electrons. The van der Waals surface area contributed by atoms with Crippen molar-refractivity contribution in [2.45, 2.75) is 13.8 Å². The molecule has 17 heavy (non-hydrogen) atoms. The quantitative estimate of drug-likeness (QED) is 0.698. The Kier molecular flexibility index (Phi) is 4.22. The SMILES string of the molecule is CC(C)C1C(=O)NC(=O)N(CCN(C)C)C1=O. The third-order valence-corrected chi connectivity index (χ3v) is 2.73. The number of rotatable bonds is 4. The van der Waals surface area contributed by atoms with Crippen LogP contribution in [0.3, 0.4) is 0 Å². The van der Waals surface area contributed by atoms with Gasteiger partial charge in [0.25, 0.3) is 0 Å². The molecule has 1 aliphatic rings. The number of barbiturate groups is 1. The van der Waals surface area contributed by atoms with E-state index in [0.29, 0.717) is 13.1 Å². The molecule has 0 aromatic heterocycles. The molecule has 0 aliphatic carbocycles. The zero-order chi connectivity index (χ0) is 13.2. The molecule has 1 saturated heterocycles. The van der Waals surface area contributed by atoms with Gasteiger partial charge in [0, 0.05) is 13.1 Å². The van der Waals surface area contributed by atoms with Gasteiger partial charge in [0.2, 0.25) is 11.8 Å². The van der Waals surface area contributed by atoms with Crippen LogP contribution in [-0.4, -0.2) is 54.8 Å². The predicted octanol–water partition coefficient (Wildman–Crippen LogP) is -0.101. The molecule has 0 aromatic rings. The average Bonchev–Trinajstić information content (AvgIpc) is 2.14. The highest BCUT2D eigenvalue weighted by atomic mass is 16.2. The van der Waals surface area contributed by atoms with E-state index in [4.69, 9.17) is 0 Å². The lowest BCUT2D eigenvalue weighted by atomic mass is 9.92. The minimum atomic E-state index is -0.755. The van der Waals surface area contributed by atoms with Crippen molar-refractivity contribution in [2.75, 3.05) is 27.2 Å². The molecule has 1 atom stereocenters. The molecule has 1 rings (SSSR count). The molecule has 0 bridgehead atoms. The van der Waals surface area contributed by atoms with Gasteiger partial charge in [0.05, 0.1) is 0 Å². The fourth-order valence-electron chi connectivity index (χ4n) is 1.73. The summed E-state index contributed by atoms with van der Waals surface area (Å²) in [6, 6.07) is -0.612. The van der Waals surface area contributed by atoms with Crippen molar-refractivity contribution in [3.63, 3.8) is 0 Å². The first-order chi connectivity index (χ1) is 7.84. The van der Waals surface area contributed by atoms with Crippen LogP contribution in [0.4, 0.5) is 4.79 Å². The van der Waals surface area contributed by atoms with Crippen LogP contribution in [0.2, 0.25) is 0 Å². The molecule has 1 N–H and O–H groups in total. The van der Waals surface area contributed by atoms with Crippen molar-refractivity contribution in [3.05, 3.63) is 0 Å². The fourth-order valence-corrected chi connectivity index (χ4v) is 1.73. The number of nitrogens with zero attached hydrogens (tertiary/aromatic N) is 2. The second kappa shape index (κ2) is 5.27. The summed E-state index contributed by atoms with van der Waals surface area (Å²) >= 11 is 0. The summed E-state index contributed by atoms with van der Waals surface area (Å²) in [5, 5.41) is 2.22. The Morgan fingerprint density at radius 2 is 1.88 bits per heavy atom. The first-order valence-electron chi connectivity index (χ1n) is 5.65. The molecule has 4 amide bonds. The van der Waals surface area contributed by atoms with E-state index >= 15 is 0 Å². The van der Waals surface area contributed by atoms with E-state index in [0.717, 1.165) is 4.90 Å². The summed E-state index contributed by atoms with van der Waals surface area (Å²) in [6.07, 6.45) is 0. The normalized spacial score (nSPS) is 21.4. The van der Waals surface area contributed by atoms with Crippen LogP contribution < -0.4 is 5.32 Å². The number of amides is 4. The van der Waals surface area contributed by atoms with Gasteiger partial charge in [-0.25, -0.2) is 4.79 Å². The van der Waals surface area contributed by atoms with Gasteiger partial charge in [-0.05, 0) is 20.0 Å². The molecule has 0 saturated carbocycles. The van der Waals surface area contributed by atoms with Gasteiger partial charge in [-0.2, -0.15) is 0 Å². The van der Waals surface area contributed by atoms with Gasteiger partial charge in [0.15, 0.2) is 0 Å². The standard InChI is InChI=1S/C11H19N3O3/c1-7(2)8-9(15)12-11(17)14(10(8)16)6-5-13(3)4/h7-8H,5-6H2,1-4H3,(H,12,15,17). The smallest absolute Gasteiger partial charge is 0.308 e. The van der Waals surface area contributed by atoms with Gasteiger partial charge in [-0.1, -0.05) is 13.8 Å². The Morgan fingerprint density at radius 1 is 1.29 bits per heavy atom. The minimum absolute atomic E-state index is 0.113. The molecule has 0 spiro atoms. The minimum Gasteiger partial charge on any atom is -0.308 e. The van der Waals surface area contributed by atoms with Gasteiger partial charge in [0.1, 0.15) is 5.92 Å². The maximum atomic E-state index is 12.0. The summed E-state index contributed by atoms with van der Waals surface area (Å²) in [6.45, 7) is 4.47. The van der Waals surface area contributed by atoms with Crippen molar-refractivity contribution in [1.82, 2.24) is 15.1 Å². The van der Waals surface area contributed by atoms with Gasteiger partial charge >= 0.3 is 6.03 Å². The number of nitrogens with one attached hydrogen (secondary N) is 1. The lowest BCUT2D eigenvalue weighted by Gasteiger charge is -2.32. The Labute approximate surface area is 101 Å². The lowest BCUT2D eigenvalue weighted by molar-refractivity contribution is -0.144. The Bertz CT molecular complexity index is 339. The maximum Gasteiger partial charge on any atom is 0.330 e. The molecule has 6 nitrogen and oxygen atoms in total. The summed E-state index contributed by atoms with van der Waals surface area (Å²) in [7, 11) is 3.72. The monoisotopic (exact) mass is 241 g/mol. The first kappa shape index (κ1) is 13.6. The van der Waals surface area contributed by atoms with Crippen LogP contribution >= 0.6 is 0 Å². The number of likely N-dealkylation sites (N-methyl/N-ethyl adjacent to an activating group) is 1. The number of carbonyl (C=O) groups excluding carboxylic acids is 3. The highest BCUT2D eigenvalue weighted by Crippen LogP contribution is 2.18. The van der Waals surface area contributed by atoms with E-state index in [1.54, 1.807) is 13.8 Å². The number of imide groups is 2. The predicted molar refractivity (Wildman–Crippen MR) is 62.1 cm³/mol. The topological polar surface area (TPSA) is 69.7 Å². The molecule has 1 unspecified atom stereocenters. The number of hydrogen-bond acceptors (Lipinski definition) is 4. The molecule has 1 aliphatic heterocycles. The van der Waals surface area contributed by atoms with Crippen molar-refractivity contribution in [3.8, 4) is 0 Å². The number of hydrogen-bond donors (Lipinski definition) is 1. The van der Waals surface area contributed by atoms with Crippen LogP contribution in [0.15, 0.2) is 0 Å². The van der Waals surface area contributed by atoms with Crippen LogP contribution in [0, 0.1) is 11.8 Å². The van der Waals surface area contributed by atoms with Crippen LogP contribution in [0.1, 0.15) is 13.8 Å². The molecule has 1 heterocycles. The van der Waals surface area contributed by atoms with E-state index in [2.05, 4.69) is 5.32 Å². The Morgan fingerprint density at radius 3 is 2.35 bits per heavy atom. The zero-order valence-corrected chi connectivity index (χ0v) is 10.7. The highest BCUT2D eigenvalue weighted by molar-refractivity contribution is 6.16. The van der Waals surface area contributed by atoms with Gasteiger partial charge < -0.3 is 4.90 Å². The van der Waals surface area contributed by atoms with Crippen molar-refractivity contribution in [1.29, 1.82) is 0 Å². The summed E-state index contributed by atoms with van der Waals surface area (Å²) < 4.78 is 0. The third kappa shape index (κ3) is 3.03. The van der Waals surface area contributed by atoms with Crippen molar-refractivity contribution in [2.24, 2.45) is 11.8 Å². The molecule has 0 aromatic carbocycles. The summed E-state index contributed by atoms with van der Waals surface area (Å²) in [4.78, 5) is 38.1. The summed E-state index contributed by atoms with van der Waals surface area (Å²) in [5.41, 5.74) is 0. The van der Waals surface area contributed by atoms with E-state index in [1.807, 2.05) is 19.0 Å². The maximum absolute atomic E-state index is 12.0. The van der Waals surface area contributed by atoms with Gasteiger partial charge in [-0.3, -0.25) is 19.8 Å². The van der Waals surface area contributed by atoms with E-state index in [9.17, 15) is 14.4 Å². The highest BCUT2D eigenvalue weighted by Gasteiger charge is 2.41. The third-order valence-electron chi connectivity index (χ3n) is 2.73. The summed E-state index contributed by atoms with van der Waals surface area (Å²) in [5.74, 6) is -1.75. The Hall–Kier alpha value is -1.43. The average molecular weight is 241 g/mol. The molecule has 6 heteroatoms. The Balaban J connectivity index is 2.79. The molecule has 1 fully saturated rings. The van der Waals surface area contributed by atoms with Crippen molar-refractivity contribution >= 4 is 17.8 Å². The second-order valence-corrected chi connectivity index (χ2v) is 4.81. The first-order valence-corrected chi connectivity index (χ1v) is 5.65. The molecule has 0 radical (unpaired) electrons. The van der Waals surface area contributed by atoms with Crippen LogP contribution in [0.5, 0.6) is 0 Å². The van der Waals surface area contributed by atoms with E-state index in [-0.39, 0.29) is 5.92 Å². The van der Waals surface area contributed by atoms with E-state index in [1.165, 1.54) is 0 Å². The molecular weight excluding hydrogens is 222 g/mol. The lowest BCUT2D eigenvalue weighted by Crippen LogP contribution is -2.60. The zero-order valence-electron chi connectivity index (χ0n) is 10.7. The largest absolute Gasteiger partial charge is 0.330 e. The molecular formula is C11H19N3O3. The van der Waals surface area contributed by atoms with Crippen molar-refractivity contribution < 1.29 is 14.4 Å². The fraction of sp³-hybridized carbons (Fsp3) is 0.727. The number of urea groups is 1. The van der Waals surface area contributed by atoms with Crippen LogP contribution in [0.25, 0.3) is 0 Å². The van der Waals surface area contributed by atoms with E-state index < -0.39 is 23.8 Å². The van der Waals surface area contributed by atoms with Gasteiger partial charge in [-0.15, -0.1) is 0 Å². The second-order valence-electron chi connectivity index (χ2n) is 4.81. The van der Waals surface area contributed by atoms with Crippen LogP contribution in [-0.2, 0) is 9.59 Å².